The molecule has 2 atom stereocenters. The molecule has 1 aromatic carbocycles. The number of rotatable bonds is 2. The van der Waals surface area contributed by atoms with Gasteiger partial charge in [0, 0.05) is 18.4 Å². The van der Waals surface area contributed by atoms with Gasteiger partial charge >= 0.3 is 0 Å². The predicted octanol–water partition coefficient (Wildman–Crippen LogP) is 3.85. The second kappa shape index (κ2) is 5.59. The Morgan fingerprint density at radius 1 is 1.35 bits per heavy atom. The summed E-state index contributed by atoms with van der Waals surface area (Å²) in [7, 11) is 0. The first-order valence-corrected chi connectivity index (χ1v) is 7.35. The van der Waals surface area contributed by atoms with Crippen molar-refractivity contribution in [3.8, 4) is 0 Å². The Kier molecular flexibility index (Phi) is 4.34. The number of hydrogen-bond acceptors (Lipinski definition) is 2. The van der Waals surface area contributed by atoms with Gasteiger partial charge in [0.25, 0.3) is 0 Å². The second-order valence-corrected chi connectivity index (χ2v) is 5.55. The van der Waals surface area contributed by atoms with E-state index in [1.165, 1.54) is 5.56 Å². The van der Waals surface area contributed by atoms with Gasteiger partial charge in [-0.2, -0.15) is 0 Å². The van der Waals surface area contributed by atoms with Crippen LogP contribution in [0.3, 0.4) is 0 Å². The molecule has 0 N–H and O–H groups in total. The molecule has 17 heavy (non-hydrogen) atoms. The monoisotopic (exact) mass is 317 g/mol. The van der Waals surface area contributed by atoms with Crippen LogP contribution in [0.5, 0.6) is 0 Å². The van der Waals surface area contributed by atoms with E-state index in [0.717, 1.165) is 29.1 Å². The number of ether oxygens (including phenoxy) is 1. The van der Waals surface area contributed by atoms with E-state index in [4.69, 9.17) is 16.3 Å². The lowest BCUT2D eigenvalue weighted by Crippen LogP contribution is -2.45. The SMILES string of the molecule is C[C@@H]1CN(c2ccc(CBr)cc2Cl)C[C@H](C)O1. The number of alkyl halides is 1. The maximum atomic E-state index is 6.33. The van der Waals surface area contributed by atoms with E-state index in [0.29, 0.717) is 0 Å². The summed E-state index contributed by atoms with van der Waals surface area (Å²) in [5, 5.41) is 1.66. The minimum absolute atomic E-state index is 0.255. The zero-order valence-corrected chi connectivity index (χ0v) is 12.5. The number of benzene rings is 1. The van der Waals surface area contributed by atoms with Crippen LogP contribution in [0.15, 0.2) is 18.2 Å². The van der Waals surface area contributed by atoms with Gasteiger partial charge in [0.1, 0.15) is 0 Å². The molecule has 1 aromatic rings. The largest absolute Gasteiger partial charge is 0.372 e. The molecule has 0 unspecified atom stereocenters. The van der Waals surface area contributed by atoms with Crippen LogP contribution in [-0.4, -0.2) is 25.3 Å². The molecule has 1 fully saturated rings. The molecule has 0 radical (unpaired) electrons. The van der Waals surface area contributed by atoms with Crippen molar-refractivity contribution in [2.24, 2.45) is 0 Å². The van der Waals surface area contributed by atoms with Gasteiger partial charge in [0.2, 0.25) is 0 Å². The third-order valence-electron chi connectivity index (χ3n) is 2.93. The molecule has 1 aliphatic rings. The molecular weight excluding hydrogens is 302 g/mol. The molecule has 0 aliphatic carbocycles. The molecule has 0 bridgehead atoms. The highest BCUT2D eigenvalue weighted by Crippen LogP contribution is 2.29. The fourth-order valence-electron chi connectivity index (χ4n) is 2.26. The molecule has 2 rings (SSSR count). The maximum Gasteiger partial charge on any atom is 0.0726 e. The van der Waals surface area contributed by atoms with Crippen LogP contribution in [0.25, 0.3) is 0 Å². The Bertz CT molecular complexity index is 389. The summed E-state index contributed by atoms with van der Waals surface area (Å²) in [6, 6.07) is 6.24. The minimum Gasteiger partial charge on any atom is -0.372 e. The van der Waals surface area contributed by atoms with Crippen LogP contribution < -0.4 is 4.90 Å². The highest BCUT2D eigenvalue weighted by molar-refractivity contribution is 9.08. The lowest BCUT2D eigenvalue weighted by molar-refractivity contribution is -0.00520. The number of nitrogens with zero attached hydrogens (tertiary/aromatic N) is 1. The van der Waals surface area contributed by atoms with Gasteiger partial charge in [-0.25, -0.2) is 0 Å². The minimum atomic E-state index is 0.255. The predicted molar refractivity (Wildman–Crippen MR) is 76.3 cm³/mol. The molecule has 0 aromatic heterocycles. The smallest absolute Gasteiger partial charge is 0.0726 e. The van der Waals surface area contributed by atoms with Gasteiger partial charge in [-0.3, -0.25) is 0 Å². The molecule has 94 valence electrons. The summed E-state index contributed by atoms with van der Waals surface area (Å²) >= 11 is 9.77. The van der Waals surface area contributed by atoms with E-state index < -0.39 is 0 Å². The number of morpholine rings is 1. The fourth-order valence-corrected chi connectivity index (χ4v) is 2.94. The van der Waals surface area contributed by atoms with Crippen molar-refractivity contribution in [1.82, 2.24) is 0 Å². The third-order valence-corrected chi connectivity index (χ3v) is 3.88. The fraction of sp³-hybridized carbons (Fsp3) is 0.538. The van der Waals surface area contributed by atoms with Crippen molar-refractivity contribution in [2.45, 2.75) is 31.4 Å². The van der Waals surface area contributed by atoms with Crippen LogP contribution in [0.1, 0.15) is 19.4 Å². The molecule has 2 nitrogen and oxygen atoms in total. The highest BCUT2D eigenvalue weighted by atomic mass is 79.9. The number of halogens is 2. The Labute approximate surface area is 116 Å². The van der Waals surface area contributed by atoms with Crippen molar-refractivity contribution < 1.29 is 4.74 Å². The van der Waals surface area contributed by atoms with Gasteiger partial charge in [-0.1, -0.05) is 33.6 Å². The maximum absolute atomic E-state index is 6.33. The van der Waals surface area contributed by atoms with Crippen LogP contribution in [0.4, 0.5) is 5.69 Å². The van der Waals surface area contributed by atoms with Gasteiger partial charge < -0.3 is 9.64 Å². The van der Waals surface area contributed by atoms with Crippen LogP contribution in [0.2, 0.25) is 5.02 Å². The molecule has 0 saturated carbocycles. The van der Waals surface area contributed by atoms with Gasteiger partial charge in [0.05, 0.1) is 22.9 Å². The van der Waals surface area contributed by atoms with Crippen LogP contribution >= 0.6 is 27.5 Å². The normalized spacial score (nSPS) is 25.1. The zero-order valence-electron chi connectivity index (χ0n) is 10.1. The Hall–Kier alpha value is -0.250. The standard InChI is InChI=1S/C13H17BrClNO/c1-9-7-16(8-10(2)17-9)13-4-3-11(6-14)5-12(13)15/h3-5,9-10H,6-8H2,1-2H3/t9-,10+. The van der Waals surface area contributed by atoms with Crippen molar-refractivity contribution in [3.05, 3.63) is 28.8 Å². The van der Waals surface area contributed by atoms with Crippen molar-refractivity contribution in [2.75, 3.05) is 18.0 Å². The van der Waals surface area contributed by atoms with E-state index in [1.807, 2.05) is 6.07 Å². The van der Waals surface area contributed by atoms with E-state index in [-0.39, 0.29) is 12.2 Å². The molecule has 1 heterocycles. The number of anilines is 1. The Morgan fingerprint density at radius 3 is 2.53 bits per heavy atom. The summed E-state index contributed by atoms with van der Waals surface area (Å²) < 4.78 is 5.73. The average molecular weight is 319 g/mol. The number of hydrogen-bond donors (Lipinski definition) is 0. The summed E-state index contributed by atoms with van der Waals surface area (Å²) in [6.45, 7) is 6.00. The Balaban J connectivity index is 2.21. The lowest BCUT2D eigenvalue weighted by Gasteiger charge is -2.37. The summed E-state index contributed by atoms with van der Waals surface area (Å²) in [6.07, 6.45) is 0.510. The first-order valence-electron chi connectivity index (χ1n) is 5.85. The Morgan fingerprint density at radius 2 is 2.00 bits per heavy atom. The average Bonchev–Trinajstić information content (AvgIpc) is 2.27. The first kappa shape index (κ1) is 13.2. The van der Waals surface area contributed by atoms with Crippen LogP contribution in [-0.2, 0) is 10.1 Å². The van der Waals surface area contributed by atoms with E-state index in [1.54, 1.807) is 0 Å². The highest BCUT2D eigenvalue weighted by Gasteiger charge is 2.23. The topological polar surface area (TPSA) is 12.5 Å². The molecule has 1 saturated heterocycles. The first-order chi connectivity index (χ1) is 8.10. The van der Waals surface area contributed by atoms with E-state index in [9.17, 15) is 0 Å². The summed E-state index contributed by atoms with van der Waals surface area (Å²) in [5.41, 5.74) is 2.31. The molecular formula is C13H17BrClNO. The molecule has 4 heteroatoms. The van der Waals surface area contributed by atoms with Gasteiger partial charge in [0.15, 0.2) is 0 Å². The second-order valence-electron chi connectivity index (χ2n) is 4.58. The molecule has 0 amide bonds. The zero-order chi connectivity index (χ0) is 12.4. The van der Waals surface area contributed by atoms with Crippen molar-refractivity contribution >= 4 is 33.2 Å². The lowest BCUT2D eigenvalue weighted by atomic mass is 10.1. The van der Waals surface area contributed by atoms with Crippen LogP contribution in [0, 0.1) is 0 Å². The van der Waals surface area contributed by atoms with Gasteiger partial charge in [-0.05, 0) is 31.5 Å². The van der Waals surface area contributed by atoms with Crippen molar-refractivity contribution in [1.29, 1.82) is 0 Å². The van der Waals surface area contributed by atoms with Gasteiger partial charge in [-0.15, -0.1) is 0 Å². The van der Waals surface area contributed by atoms with E-state index in [2.05, 4.69) is 46.8 Å². The molecule has 1 aliphatic heterocycles. The molecule has 0 spiro atoms. The summed E-state index contributed by atoms with van der Waals surface area (Å²) in [5.74, 6) is 0. The van der Waals surface area contributed by atoms with E-state index >= 15 is 0 Å². The summed E-state index contributed by atoms with van der Waals surface area (Å²) in [4.78, 5) is 2.30. The quantitative estimate of drug-likeness (QED) is 0.768. The van der Waals surface area contributed by atoms with Crippen molar-refractivity contribution in [3.63, 3.8) is 0 Å². The third kappa shape index (κ3) is 3.15.